The minimum atomic E-state index is -0.193. The summed E-state index contributed by atoms with van der Waals surface area (Å²) in [6.45, 7) is 4.10. The van der Waals surface area contributed by atoms with E-state index in [1.807, 2.05) is 25.1 Å². The van der Waals surface area contributed by atoms with Crippen LogP contribution in [-0.2, 0) is 12.8 Å². The zero-order chi connectivity index (χ0) is 15.8. The van der Waals surface area contributed by atoms with Gasteiger partial charge in [0.05, 0.1) is 12.4 Å². The van der Waals surface area contributed by atoms with Crippen molar-refractivity contribution in [2.45, 2.75) is 33.1 Å². The lowest BCUT2D eigenvalue weighted by molar-refractivity contribution is 0.612. The molecule has 0 saturated carbocycles. The fourth-order valence-electron chi connectivity index (χ4n) is 2.19. The molecule has 0 unspecified atom stereocenters. The molecule has 22 heavy (non-hydrogen) atoms. The van der Waals surface area contributed by atoms with Crippen molar-refractivity contribution >= 4 is 12.4 Å². The first kappa shape index (κ1) is 16.1. The van der Waals surface area contributed by atoms with Gasteiger partial charge in [0.25, 0.3) is 0 Å². The van der Waals surface area contributed by atoms with Crippen molar-refractivity contribution in [2.24, 2.45) is 10.2 Å². The first-order valence-corrected chi connectivity index (χ1v) is 7.66. The van der Waals surface area contributed by atoms with Gasteiger partial charge in [-0.25, -0.2) is 4.39 Å². The molecule has 0 aromatic heterocycles. The Bertz CT molecular complexity index is 658. The molecule has 0 amide bonds. The van der Waals surface area contributed by atoms with Gasteiger partial charge in [-0.2, -0.15) is 10.2 Å². The second-order valence-electron chi connectivity index (χ2n) is 5.19. The van der Waals surface area contributed by atoms with Crippen molar-refractivity contribution in [1.82, 2.24) is 0 Å². The lowest BCUT2D eigenvalue weighted by Gasteiger charge is -1.99. The van der Waals surface area contributed by atoms with Crippen LogP contribution >= 0.6 is 0 Å². The van der Waals surface area contributed by atoms with Crippen molar-refractivity contribution in [2.75, 3.05) is 0 Å². The van der Waals surface area contributed by atoms with E-state index in [1.165, 1.54) is 11.6 Å². The molecule has 0 aliphatic heterocycles. The number of hydrogen-bond donors (Lipinski definition) is 0. The highest BCUT2D eigenvalue weighted by Crippen LogP contribution is 2.10. The summed E-state index contributed by atoms with van der Waals surface area (Å²) >= 11 is 0. The Hall–Kier alpha value is -2.29. The van der Waals surface area contributed by atoms with Gasteiger partial charge in [-0.05, 0) is 41.2 Å². The Kier molecular flexibility index (Phi) is 6.01. The predicted octanol–water partition coefficient (Wildman–Crippen LogP) is 4.79. The molecule has 2 rings (SSSR count). The van der Waals surface area contributed by atoms with Gasteiger partial charge in [0.2, 0.25) is 0 Å². The van der Waals surface area contributed by atoms with E-state index in [0.29, 0.717) is 17.5 Å². The fraction of sp³-hybridized carbons (Fsp3) is 0.263. The average molecular weight is 296 g/mol. The summed E-state index contributed by atoms with van der Waals surface area (Å²) in [5, 5.41) is 7.98. The number of halogens is 1. The third kappa shape index (κ3) is 4.62. The summed E-state index contributed by atoms with van der Waals surface area (Å²) in [4.78, 5) is 0. The van der Waals surface area contributed by atoms with E-state index < -0.39 is 0 Å². The maximum atomic E-state index is 13.6. The van der Waals surface area contributed by atoms with Crippen molar-refractivity contribution < 1.29 is 4.39 Å². The number of benzene rings is 2. The van der Waals surface area contributed by atoms with Gasteiger partial charge >= 0.3 is 0 Å². The minimum absolute atomic E-state index is 0.193. The zero-order valence-electron chi connectivity index (χ0n) is 13.1. The third-order valence-corrected chi connectivity index (χ3v) is 3.46. The van der Waals surface area contributed by atoms with Gasteiger partial charge in [-0.15, -0.1) is 0 Å². The molecule has 2 nitrogen and oxygen atoms in total. The summed E-state index contributed by atoms with van der Waals surface area (Å²) < 4.78 is 13.6. The van der Waals surface area contributed by atoms with E-state index in [4.69, 9.17) is 0 Å². The predicted molar refractivity (Wildman–Crippen MR) is 91.4 cm³/mol. The molecule has 0 aliphatic rings. The molecule has 0 radical (unpaired) electrons. The van der Waals surface area contributed by atoms with Gasteiger partial charge in [-0.1, -0.05) is 56.7 Å². The number of aryl methyl sites for hydroxylation is 2. The van der Waals surface area contributed by atoms with Crippen LogP contribution in [0.2, 0.25) is 0 Å². The molecule has 2 aromatic carbocycles. The molecule has 2 aromatic rings. The van der Waals surface area contributed by atoms with E-state index in [0.717, 1.165) is 18.4 Å². The van der Waals surface area contributed by atoms with E-state index >= 15 is 0 Å². The normalized spacial score (nSPS) is 11.6. The maximum absolute atomic E-state index is 13.6. The van der Waals surface area contributed by atoms with Crippen LogP contribution < -0.4 is 0 Å². The van der Waals surface area contributed by atoms with Crippen LogP contribution in [0.1, 0.15) is 42.5 Å². The highest BCUT2D eigenvalue weighted by Gasteiger charge is 1.99. The van der Waals surface area contributed by atoms with Crippen molar-refractivity contribution in [1.29, 1.82) is 0 Å². The summed E-state index contributed by atoms with van der Waals surface area (Å²) in [6, 6.07) is 13.4. The highest BCUT2D eigenvalue weighted by atomic mass is 19.1. The van der Waals surface area contributed by atoms with Gasteiger partial charge in [0.1, 0.15) is 5.82 Å². The smallest absolute Gasteiger partial charge is 0.127 e. The molecule has 0 fully saturated rings. The van der Waals surface area contributed by atoms with Crippen LogP contribution in [0, 0.1) is 5.82 Å². The van der Waals surface area contributed by atoms with Crippen molar-refractivity contribution in [3.8, 4) is 0 Å². The first-order chi connectivity index (χ1) is 10.7. The molecule has 0 heterocycles. The van der Waals surface area contributed by atoms with Crippen molar-refractivity contribution in [3.05, 3.63) is 70.5 Å². The summed E-state index contributed by atoms with van der Waals surface area (Å²) in [5.41, 5.74) is 3.76. The molecule has 0 spiro atoms. The second kappa shape index (κ2) is 8.23. The highest BCUT2D eigenvalue weighted by molar-refractivity contribution is 5.82. The van der Waals surface area contributed by atoms with Crippen LogP contribution in [0.25, 0.3) is 0 Å². The Balaban J connectivity index is 1.97. The molecule has 114 valence electrons. The Morgan fingerprint density at radius 2 is 1.55 bits per heavy atom. The lowest BCUT2D eigenvalue weighted by Crippen LogP contribution is -1.90. The van der Waals surface area contributed by atoms with Gasteiger partial charge in [-0.3, -0.25) is 0 Å². The third-order valence-electron chi connectivity index (χ3n) is 3.46. The monoisotopic (exact) mass is 296 g/mol. The van der Waals surface area contributed by atoms with E-state index in [9.17, 15) is 4.39 Å². The van der Waals surface area contributed by atoms with Gasteiger partial charge in [0.15, 0.2) is 0 Å². The number of rotatable bonds is 6. The SMILES string of the molecule is CCCc1ccc(C=NN=Cc2ccc(CC)c(F)c2)cc1. The van der Waals surface area contributed by atoms with Crippen molar-refractivity contribution in [3.63, 3.8) is 0 Å². The molecule has 0 aliphatic carbocycles. The molecule has 0 bridgehead atoms. The fourth-order valence-corrected chi connectivity index (χ4v) is 2.19. The lowest BCUT2D eigenvalue weighted by atomic mass is 10.1. The van der Waals surface area contributed by atoms with E-state index in [-0.39, 0.29) is 5.82 Å². The Morgan fingerprint density at radius 3 is 2.14 bits per heavy atom. The van der Waals surface area contributed by atoms with E-state index in [2.05, 4.69) is 29.3 Å². The summed E-state index contributed by atoms with van der Waals surface area (Å²) in [5.74, 6) is -0.193. The maximum Gasteiger partial charge on any atom is 0.127 e. The largest absolute Gasteiger partial charge is 0.207 e. The molecular weight excluding hydrogens is 275 g/mol. The second-order valence-corrected chi connectivity index (χ2v) is 5.19. The number of nitrogens with zero attached hydrogens (tertiary/aromatic N) is 2. The average Bonchev–Trinajstić information content (AvgIpc) is 2.53. The van der Waals surface area contributed by atoms with Crippen LogP contribution in [0.3, 0.4) is 0 Å². The summed E-state index contributed by atoms with van der Waals surface area (Å²) in [6.07, 6.45) is 6.18. The standard InChI is InChI=1S/C19H21FN2/c1-3-5-15-6-8-16(9-7-15)13-21-22-14-17-10-11-18(4-2)19(20)12-17/h6-14H,3-5H2,1-2H3. The minimum Gasteiger partial charge on any atom is -0.207 e. The van der Waals surface area contributed by atoms with Gasteiger partial charge in [0, 0.05) is 0 Å². The molecular formula is C19H21FN2. The van der Waals surface area contributed by atoms with Crippen LogP contribution in [-0.4, -0.2) is 12.4 Å². The topological polar surface area (TPSA) is 24.7 Å². The van der Waals surface area contributed by atoms with E-state index in [1.54, 1.807) is 18.5 Å². The molecule has 0 atom stereocenters. The van der Waals surface area contributed by atoms with Gasteiger partial charge < -0.3 is 0 Å². The quantitative estimate of drug-likeness (QED) is 0.540. The zero-order valence-corrected chi connectivity index (χ0v) is 13.1. The summed E-state index contributed by atoms with van der Waals surface area (Å²) in [7, 11) is 0. The number of hydrogen-bond acceptors (Lipinski definition) is 2. The molecule has 3 heteroatoms. The van der Waals surface area contributed by atoms with Crippen LogP contribution in [0.5, 0.6) is 0 Å². The molecule has 0 saturated heterocycles. The van der Waals surface area contributed by atoms with Crippen LogP contribution in [0.15, 0.2) is 52.7 Å². The first-order valence-electron chi connectivity index (χ1n) is 7.66. The Labute approximate surface area is 131 Å². The van der Waals surface area contributed by atoms with Crippen LogP contribution in [0.4, 0.5) is 4.39 Å². The Morgan fingerprint density at radius 1 is 0.909 bits per heavy atom. The molecule has 0 N–H and O–H groups in total.